The first-order chi connectivity index (χ1) is 6.59. The molecule has 1 atom stereocenters. The zero-order chi connectivity index (χ0) is 10.6. The van der Waals surface area contributed by atoms with Crippen LogP contribution in [-0.2, 0) is 4.84 Å². The summed E-state index contributed by atoms with van der Waals surface area (Å²) in [5.74, 6) is 0.928. The molecule has 0 aromatic rings. The normalized spacial score (nSPS) is 29.6. The van der Waals surface area contributed by atoms with Gasteiger partial charge in [0.15, 0.2) is 0 Å². The lowest BCUT2D eigenvalue weighted by atomic mass is 9.79. The largest absolute Gasteiger partial charge is 0.328 e. The minimum absolute atomic E-state index is 0.243. The molecule has 0 aromatic heterocycles. The van der Waals surface area contributed by atoms with Crippen LogP contribution in [0.2, 0.25) is 0 Å². The van der Waals surface area contributed by atoms with Crippen molar-refractivity contribution in [1.29, 1.82) is 0 Å². The third-order valence-electron chi connectivity index (χ3n) is 3.05. The molecule has 0 amide bonds. The average molecular weight is 202 g/mol. The fourth-order valence-corrected chi connectivity index (χ4v) is 2.05. The number of nitrogens with zero attached hydrogens (tertiary/aromatic N) is 1. The molecule has 14 heavy (non-hydrogen) atoms. The molecule has 0 bridgehead atoms. The third kappa shape index (κ3) is 3.49. The maximum Gasteiger partial charge on any atom is 0.294 e. The van der Waals surface area contributed by atoms with Crippen molar-refractivity contribution in [1.82, 2.24) is 0 Å². The van der Waals surface area contributed by atoms with Crippen LogP contribution in [0.3, 0.4) is 0 Å². The van der Waals surface area contributed by atoms with E-state index < -0.39 is 5.09 Å². The minimum Gasteiger partial charge on any atom is -0.328 e. The summed E-state index contributed by atoms with van der Waals surface area (Å²) in [4.78, 5) is 14.3. The Labute approximate surface area is 83.7 Å². The Morgan fingerprint density at radius 2 is 2.07 bits per heavy atom. The smallest absolute Gasteiger partial charge is 0.294 e. The zero-order valence-corrected chi connectivity index (χ0v) is 8.52. The van der Waals surface area contributed by atoms with Crippen molar-refractivity contribution >= 4 is 0 Å². The molecule has 0 radical (unpaired) electrons. The SMILES string of the molecule is CC(N)C1CCC(CO[N+](=O)[O-])CC1. The number of nitrogens with two attached hydrogens (primary N) is 1. The van der Waals surface area contributed by atoms with Crippen molar-refractivity contribution in [3.05, 3.63) is 10.1 Å². The highest BCUT2D eigenvalue weighted by atomic mass is 16.9. The third-order valence-corrected chi connectivity index (χ3v) is 3.05. The van der Waals surface area contributed by atoms with Gasteiger partial charge in [0.1, 0.15) is 0 Å². The van der Waals surface area contributed by atoms with Crippen LogP contribution in [0, 0.1) is 22.0 Å². The molecule has 0 heterocycles. The van der Waals surface area contributed by atoms with Gasteiger partial charge in [-0.3, -0.25) is 0 Å². The van der Waals surface area contributed by atoms with Crippen LogP contribution in [-0.4, -0.2) is 17.7 Å². The van der Waals surface area contributed by atoms with E-state index in [4.69, 9.17) is 5.73 Å². The molecule has 2 N–H and O–H groups in total. The predicted octanol–water partition coefficient (Wildman–Crippen LogP) is 1.35. The van der Waals surface area contributed by atoms with Crippen LogP contribution < -0.4 is 5.73 Å². The van der Waals surface area contributed by atoms with Crippen LogP contribution in [0.1, 0.15) is 32.6 Å². The lowest BCUT2D eigenvalue weighted by Gasteiger charge is -2.29. The molecular formula is C9H18N2O3. The second kappa shape index (κ2) is 5.14. The van der Waals surface area contributed by atoms with Gasteiger partial charge in [0, 0.05) is 6.04 Å². The summed E-state index contributed by atoms with van der Waals surface area (Å²) in [5.41, 5.74) is 5.80. The molecule has 0 aromatic carbocycles. The Bertz CT molecular complexity index is 188. The first-order valence-corrected chi connectivity index (χ1v) is 5.12. The van der Waals surface area contributed by atoms with E-state index in [2.05, 4.69) is 4.84 Å². The number of hydrogen-bond donors (Lipinski definition) is 1. The molecule has 1 aliphatic carbocycles. The zero-order valence-electron chi connectivity index (χ0n) is 8.52. The quantitative estimate of drug-likeness (QED) is 0.551. The van der Waals surface area contributed by atoms with Gasteiger partial charge in [-0.2, -0.15) is 0 Å². The predicted molar refractivity (Wildman–Crippen MR) is 52.0 cm³/mol. The molecule has 0 aliphatic heterocycles. The van der Waals surface area contributed by atoms with E-state index in [-0.39, 0.29) is 12.6 Å². The Morgan fingerprint density at radius 1 is 1.50 bits per heavy atom. The Morgan fingerprint density at radius 3 is 2.50 bits per heavy atom. The molecule has 1 aliphatic rings. The maximum absolute atomic E-state index is 9.98. The number of rotatable bonds is 4. The highest BCUT2D eigenvalue weighted by Crippen LogP contribution is 2.30. The van der Waals surface area contributed by atoms with E-state index in [1.54, 1.807) is 0 Å². The monoisotopic (exact) mass is 202 g/mol. The topological polar surface area (TPSA) is 78.4 Å². The van der Waals surface area contributed by atoms with Gasteiger partial charge in [-0.25, -0.2) is 0 Å². The van der Waals surface area contributed by atoms with Gasteiger partial charge >= 0.3 is 0 Å². The summed E-state index contributed by atoms with van der Waals surface area (Å²) < 4.78 is 0. The van der Waals surface area contributed by atoms with Crippen molar-refractivity contribution in [2.45, 2.75) is 38.6 Å². The summed E-state index contributed by atoms with van der Waals surface area (Å²) in [6, 6.07) is 0.243. The van der Waals surface area contributed by atoms with Crippen molar-refractivity contribution in [3.63, 3.8) is 0 Å². The van der Waals surface area contributed by atoms with Crippen molar-refractivity contribution < 1.29 is 9.92 Å². The van der Waals surface area contributed by atoms with Gasteiger partial charge in [0.2, 0.25) is 0 Å². The summed E-state index contributed by atoms with van der Waals surface area (Å²) in [6.45, 7) is 2.27. The molecule has 82 valence electrons. The maximum atomic E-state index is 9.98. The number of hydrogen-bond acceptors (Lipinski definition) is 4. The van der Waals surface area contributed by atoms with Crippen LogP contribution in [0.25, 0.3) is 0 Å². The van der Waals surface area contributed by atoms with E-state index in [0.29, 0.717) is 11.8 Å². The van der Waals surface area contributed by atoms with Gasteiger partial charge in [-0.15, -0.1) is 10.1 Å². The standard InChI is InChI=1S/C9H18N2O3/c1-7(10)9-4-2-8(3-5-9)6-14-11(12)13/h7-9H,2-6,10H2,1H3. The first kappa shape index (κ1) is 11.2. The van der Waals surface area contributed by atoms with E-state index >= 15 is 0 Å². The van der Waals surface area contributed by atoms with Crippen LogP contribution >= 0.6 is 0 Å². The fourth-order valence-electron chi connectivity index (χ4n) is 2.05. The molecule has 0 saturated heterocycles. The van der Waals surface area contributed by atoms with Crippen molar-refractivity contribution in [2.75, 3.05) is 6.61 Å². The lowest BCUT2D eigenvalue weighted by molar-refractivity contribution is -0.759. The molecule has 1 fully saturated rings. The van der Waals surface area contributed by atoms with E-state index in [1.807, 2.05) is 6.92 Å². The van der Waals surface area contributed by atoms with Crippen LogP contribution in [0.15, 0.2) is 0 Å². The first-order valence-electron chi connectivity index (χ1n) is 5.12. The van der Waals surface area contributed by atoms with Crippen LogP contribution in [0.5, 0.6) is 0 Å². The Kier molecular flexibility index (Phi) is 4.13. The van der Waals surface area contributed by atoms with Gasteiger partial charge in [-0.1, -0.05) is 0 Å². The molecule has 1 saturated carbocycles. The highest BCUT2D eigenvalue weighted by Gasteiger charge is 2.23. The summed E-state index contributed by atoms with van der Waals surface area (Å²) in [7, 11) is 0. The minimum atomic E-state index is -0.711. The Balaban J connectivity index is 2.19. The summed E-state index contributed by atoms with van der Waals surface area (Å²) in [5, 5.41) is 9.27. The van der Waals surface area contributed by atoms with Gasteiger partial charge in [0.25, 0.3) is 5.09 Å². The van der Waals surface area contributed by atoms with E-state index in [0.717, 1.165) is 25.7 Å². The summed E-state index contributed by atoms with van der Waals surface area (Å²) >= 11 is 0. The van der Waals surface area contributed by atoms with E-state index in [9.17, 15) is 10.1 Å². The molecule has 5 nitrogen and oxygen atoms in total. The second-order valence-electron chi connectivity index (χ2n) is 4.16. The average Bonchev–Trinajstić information content (AvgIpc) is 2.15. The summed E-state index contributed by atoms with van der Waals surface area (Å²) in [6.07, 6.45) is 4.15. The molecular weight excluding hydrogens is 184 g/mol. The molecule has 5 heteroatoms. The van der Waals surface area contributed by atoms with Crippen molar-refractivity contribution in [3.8, 4) is 0 Å². The Hall–Kier alpha value is -0.840. The van der Waals surface area contributed by atoms with Gasteiger partial charge < -0.3 is 10.6 Å². The highest BCUT2D eigenvalue weighted by molar-refractivity contribution is 4.76. The van der Waals surface area contributed by atoms with Gasteiger partial charge in [0.05, 0.1) is 6.61 Å². The van der Waals surface area contributed by atoms with E-state index in [1.165, 1.54) is 0 Å². The molecule has 0 spiro atoms. The van der Waals surface area contributed by atoms with Gasteiger partial charge in [-0.05, 0) is 44.4 Å². The lowest BCUT2D eigenvalue weighted by Crippen LogP contribution is -2.31. The molecule has 1 unspecified atom stereocenters. The molecule has 1 rings (SSSR count). The fraction of sp³-hybridized carbons (Fsp3) is 1.00. The van der Waals surface area contributed by atoms with Crippen LogP contribution in [0.4, 0.5) is 0 Å². The second-order valence-corrected chi connectivity index (χ2v) is 4.16. The van der Waals surface area contributed by atoms with Crippen molar-refractivity contribution in [2.24, 2.45) is 17.6 Å².